The van der Waals surface area contributed by atoms with Crippen LogP contribution in [0, 0.1) is 0 Å². The molecule has 0 bridgehead atoms. The highest BCUT2D eigenvalue weighted by atomic mass is 79.9. The van der Waals surface area contributed by atoms with Crippen molar-refractivity contribution < 1.29 is 9.59 Å². The van der Waals surface area contributed by atoms with Crippen LogP contribution in [0.15, 0.2) is 83.3 Å². The van der Waals surface area contributed by atoms with Gasteiger partial charge < -0.3 is 10.2 Å². The van der Waals surface area contributed by atoms with Crippen LogP contribution in [0.3, 0.4) is 0 Å². The molecule has 0 fully saturated rings. The second kappa shape index (κ2) is 13.5. The minimum Gasteiger partial charge on any atom is -0.352 e. The monoisotopic (exact) mass is 554 g/mol. The molecule has 2 atom stereocenters. The van der Waals surface area contributed by atoms with Gasteiger partial charge in [-0.1, -0.05) is 95.1 Å². The van der Waals surface area contributed by atoms with Crippen LogP contribution in [0.2, 0.25) is 5.02 Å². The minimum atomic E-state index is -0.635. The Morgan fingerprint density at radius 2 is 1.66 bits per heavy atom. The average Bonchev–Trinajstić information content (AvgIpc) is 2.86. The molecule has 0 aliphatic rings. The van der Waals surface area contributed by atoms with Gasteiger partial charge in [0.1, 0.15) is 6.04 Å². The standard InChI is InChI=1S/C29H32BrClN2O2/c1-3-21(2)32-29(35)27(19-22-10-5-4-6-11-22)33(20-23-12-9-14-25(30)18-23)28(34)17-16-24-13-7-8-15-26(24)31/h4-15,18,21,27H,3,16-17,19-20H2,1-2H3,(H,32,35)/t21-,27-/m0/s1. The van der Waals surface area contributed by atoms with Gasteiger partial charge in [-0.15, -0.1) is 0 Å². The van der Waals surface area contributed by atoms with E-state index in [-0.39, 0.29) is 24.3 Å². The SMILES string of the molecule is CC[C@H](C)NC(=O)[C@H](Cc1ccccc1)N(Cc1cccc(Br)c1)C(=O)CCc1ccccc1Cl. The van der Waals surface area contributed by atoms with Gasteiger partial charge in [0.25, 0.3) is 0 Å². The molecule has 0 heterocycles. The molecule has 6 heteroatoms. The summed E-state index contributed by atoms with van der Waals surface area (Å²) in [5.74, 6) is -0.213. The summed E-state index contributed by atoms with van der Waals surface area (Å²) >= 11 is 9.86. The van der Waals surface area contributed by atoms with Crippen molar-refractivity contribution in [3.63, 3.8) is 0 Å². The molecule has 2 amide bonds. The van der Waals surface area contributed by atoms with Gasteiger partial charge in [-0.2, -0.15) is 0 Å². The molecule has 35 heavy (non-hydrogen) atoms. The Bertz CT molecular complexity index is 1120. The number of nitrogens with one attached hydrogen (secondary N) is 1. The van der Waals surface area contributed by atoms with Crippen LogP contribution in [0.4, 0.5) is 0 Å². The second-order valence-corrected chi connectivity index (χ2v) is 10.1. The summed E-state index contributed by atoms with van der Waals surface area (Å²) in [6.07, 6.45) is 2.03. The highest BCUT2D eigenvalue weighted by Gasteiger charge is 2.30. The van der Waals surface area contributed by atoms with E-state index >= 15 is 0 Å². The van der Waals surface area contributed by atoms with Crippen molar-refractivity contribution in [1.29, 1.82) is 0 Å². The molecule has 0 radical (unpaired) electrons. The third-order valence-electron chi connectivity index (χ3n) is 6.08. The van der Waals surface area contributed by atoms with Crippen molar-refractivity contribution in [2.75, 3.05) is 0 Å². The largest absolute Gasteiger partial charge is 0.352 e. The Morgan fingerprint density at radius 3 is 2.34 bits per heavy atom. The lowest BCUT2D eigenvalue weighted by atomic mass is 10.0. The van der Waals surface area contributed by atoms with Crippen LogP contribution < -0.4 is 5.32 Å². The van der Waals surface area contributed by atoms with E-state index in [0.717, 1.165) is 27.6 Å². The van der Waals surface area contributed by atoms with Crippen molar-refractivity contribution >= 4 is 39.3 Å². The van der Waals surface area contributed by atoms with E-state index in [4.69, 9.17) is 11.6 Å². The van der Waals surface area contributed by atoms with E-state index in [1.54, 1.807) is 4.90 Å². The van der Waals surface area contributed by atoms with Crippen molar-refractivity contribution in [3.05, 3.63) is 105 Å². The predicted molar refractivity (Wildman–Crippen MR) is 146 cm³/mol. The second-order valence-electron chi connectivity index (χ2n) is 8.77. The maximum atomic E-state index is 13.7. The van der Waals surface area contributed by atoms with Crippen LogP contribution in [0.5, 0.6) is 0 Å². The highest BCUT2D eigenvalue weighted by Crippen LogP contribution is 2.21. The van der Waals surface area contributed by atoms with Gasteiger partial charge in [0.05, 0.1) is 0 Å². The smallest absolute Gasteiger partial charge is 0.243 e. The molecule has 0 aliphatic carbocycles. The summed E-state index contributed by atoms with van der Waals surface area (Å²) < 4.78 is 0.933. The fourth-order valence-electron chi connectivity index (χ4n) is 3.91. The highest BCUT2D eigenvalue weighted by molar-refractivity contribution is 9.10. The number of hydrogen-bond donors (Lipinski definition) is 1. The molecule has 0 saturated heterocycles. The van der Waals surface area contributed by atoms with Gasteiger partial charge in [-0.3, -0.25) is 9.59 Å². The molecule has 3 aromatic rings. The zero-order valence-corrected chi connectivity index (χ0v) is 22.6. The fourth-order valence-corrected chi connectivity index (χ4v) is 4.59. The van der Waals surface area contributed by atoms with Crippen molar-refractivity contribution in [2.45, 2.75) is 58.2 Å². The predicted octanol–water partition coefficient (Wildman–Crippen LogP) is 6.59. The van der Waals surface area contributed by atoms with Crippen molar-refractivity contribution in [1.82, 2.24) is 10.2 Å². The van der Waals surface area contributed by atoms with Gasteiger partial charge in [0.15, 0.2) is 0 Å². The topological polar surface area (TPSA) is 49.4 Å². The van der Waals surface area contributed by atoms with Crippen molar-refractivity contribution in [3.8, 4) is 0 Å². The quantitative estimate of drug-likeness (QED) is 0.290. The first-order valence-electron chi connectivity index (χ1n) is 12.0. The molecular formula is C29H32BrClN2O2. The van der Waals surface area contributed by atoms with Gasteiger partial charge in [-0.25, -0.2) is 0 Å². The van der Waals surface area contributed by atoms with Crippen LogP contribution in [-0.4, -0.2) is 28.8 Å². The van der Waals surface area contributed by atoms with Gasteiger partial charge in [0, 0.05) is 34.9 Å². The fraction of sp³-hybridized carbons (Fsp3) is 0.310. The van der Waals surface area contributed by atoms with Gasteiger partial charge in [0.2, 0.25) is 11.8 Å². The Kier molecular flexibility index (Phi) is 10.4. The van der Waals surface area contributed by atoms with Crippen LogP contribution in [-0.2, 0) is 29.0 Å². The summed E-state index contributed by atoms with van der Waals surface area (Å²) in [5.41, 5.74) is 2.89. The minimum absolute atomic E-state index is 0.0201. The summed E-state index contributed by atoms with van der Waals surface area (Å²) in [4.78, 5) is 28.9. The Labute approximate surface area is 221 Å². The van der Waals surface area contributed by atoms with E-state index in [1.807, 2.05) is 92.7 Å². The summed E-state index contributed by atoms with van der Waals surface area (Å²) in [6.45, 7) is 4.35. The molecule has 0 aromatic heterocycles. The van der Waals surface area contributed by atoms with E-state index < -0.39 is 6.04 Å². The first-order valence-corrected chi connectivity index (χ1v) is 13.2. The van der Waals surface area contributed by atoms with Crippen molar-refractivity contribution in [2.24, 2.45) is 0 Å². The molecule has 0 saturated carbocycles. The third-order valence-corrected chi connectivity index (χ3v) is 6.94. The van der Waals surface area contributed by atoms with Crippen LogP contribution >= 0.6 is 27.5 Å². The molecule has 184 valence electrons. The van der Waals surface area contributed by atoms with Gasteiger partial charge in [-0.05, 0) is 54.7 Å². The maximum absolute atomic E-state index is 13.7. The number of nitrogens with zero attached hydrogens (tertiary/aromatic N) is 1. The molecule has 0 spiro atoms. The molecule has 1 N–H and O–H groups in total. The zero-order chi connectivity index (χ0) is 25.2. The average molecular weight is 556 g/mol. The lowest BCUT2D eigenvalue weighted by Crippen LogP contribution is -2.52. The van der Waals surface area contributed by atoms with E-state index in [2.05, 4.69) is 21.2 Å². The van der Waals surface area contributed by atoms with E-state index in [1.165, 1.54) is 0 Å². The van der Waals surface area contributed by atoms with Crippen LogP contribution in [0.25, 0.3) is 0 Å². The molecule has 0 aliphatic heterocycles. The van der Waals surface area contributed by atoms with Gasteiger partial charge >= 0.3 is 0 Å². The Morgan fingerprint density at radius 1 is 0.971 bits per heavy atom. The molecular weight excluding hydrogens is 524 g/mol. The lowest BCUT2D eigenvalue weighted by molar-refractivity contribution is -0.141. The zero-order valence-electron chi connectivity index (χ0n) is 20.2. The number of benzene rings is 3. The maximum Gasteiger partial charge on any atom is 0.243 e. The Hall–Kier alpha value is -2.63. The summed E-state index contributed by atoms with van der Waals surface area (Å²) in [5, 5.41) is 3.75. The summed E-state index contributed by atoms with van der Waals surface area (Å²) in [6, 6.07) is 24.7. The number of amides is 2. The first-order chi connectivity index (χ1) is 16.9. The lowest BCUT2D eigenvalue weighted by Gasteiger charge is -2.32. The molecule has 4 nitrogen and oxygen atoms in total. The van der Waals surface area contributed by atoms with E-state index in [9.17, 15) is 9.59 Å². The normalized spacial score (nSPS) is 12.6. The number of halogens is 2. The molecule has 0 unspecified atom stereocenters. The number of carbonyl (C=O) groups is 2. The molecule has 3 rings (SSSR count). The number of hydrogen-bond acceptors (Lipinski definition) is 2. The number of carbonyl (C=O) groups excluding carboxylic acids is 2. The first kappa shape index (κ1) is 27.0. The summed E-state index contributed by atoms with van der Waals surface area (Å²) in [7, 11) is 0. The van der Waals surface area contributed by atoms with E-state index in [0.29, 0.717) is 24.4 Å². The third kappa shape index (κ3) is 8.22. The molecule has 3 aromatic carbocycles. The number of rotatable bonds is 11. The Balaban J connectivity index is 1.92. The number of aryl methyl sites for hydroxylation is 1. The van der Waals surface area contributed by atoms with Crippen LogP contribution in [0.1, 0.15) is 43.4 Å².